The molecule has 1 aliphatic heterocycles. The van der Waals surface area contributed by atoms with E-state index >= 15 is 0 Å². The smallest absolute Gasteiger partial charge is 0.242 e. The Kier molecular flexibility index (Phi) is 9.75. The molecular weight excluding hydrogens is 524 g/mol. The Balaban J connectivity index is 1.72. The number of methoxy groups -OCH3 is 3. The maximum atomic E-state index is 13.5. The van der Waals surface area contributed by atoms with Crippen LogP contribution in [0.2, 0.25) is 0 Å². The highest BCUT2D eigenvalue weighted by molar-refractivity contribution is 5.85. The summed E-state index contributed by atoms with van der Waals surface area (Å²) in [5.74, 6) is 1.11. The first-order valence-corrected chi connectivity index (χ1v) is 14.3. The van der Waals surface area contributed by atoms with Crippen molar-refractivity contribution in [3.63, 3.8) is 0 Å². The first-order valence-electron chi connectivity index (χ1n) is 14.3. The predicted octanol–water partition coefficient (Wildman–Crippen LogP) is 3.26. The van der Waals surface area contributed by atoms with E-state index in [1.807, 2.05) is 12.1 Å². The van der Waals surface area contributed by atoms with Gasteiger partial charge in [-0.15, -0.1) is 0 Å². The van der Waals surface area contributed by atoms with E-state index in [-0.39, 0.29) is 17.2 Å². The van der Waals surface area contributed by atoms with Crippen LogP contribution >= 0.6 is 0 Å². The van der Waals surface area contributed by atoms with Crippen LogP contribution in [0.15, 0.2) is 29.1 Å². The second-order valence-electron chi connectivity index (χ2n) is 10.6. The number of nitrogens with zero attached hydrogens (tertiary/aromatic N) is 1. The van der Waals surface area contributed by atoms with Gasteiger partial charge in [-0.25, -0.2) is 0 Å². The Hall–Kier alpha value is -3.79. The van der Waals surface area contributed by atoms with Crippen LogP contribution in [-0.2, 0) is 16.0 Å². The highest BCUT2D eigenvalue weighted by Crippen LogP contribution is 2.50. The molecule has 0 unspecified atom stereocenters. The molecule has 1 aliphatic carbocycles. The minimum atomic E-state index is -0.626. The number of ether oxygens (including phenoxy) is 3. The average Bonchev–Trinajstić information content (AvgIpc) is 3.30. The van der Waals surface area contributed by atoms with Crippen LogP contribution in [0.3, 0.4) is 0 Å². The monoisotopic (exact) mass is 566 g/mol. The summed E-state index contributed by atoms with van der Waals surface area (Å²) in [4.78, 5) is 41.0. The van der Waals surface area contributed by atoms with E-state index in [9.17, 15) is 14.4 Å². The molecule has 0 spiro atoms. The third-order valence-corrected chi connectivity index (χ3v) is 8.10. The van der Waals surface area contributed by atoms with Crippen molar-refractivity contribution in [2.24, 2.45) is 0 Å². The van der Waals surface area contributed by atoms with E-state index in [4.69, 9.17) is 14.2 Å². The minimum Gasteiger partial charge on any atom is -0.493 e. The molecule has 1 heterocycles. The number of aryl methyl sites for hydroxylation is 1. The molecule has 0 radical (unpaired) electrons. The van der Waals surface area contributed by atoms with Crippen LogP contribution in [-0.4, -0.2) is 69.8 Å². The standard InChI is InChI=1S/C31H42N4O6/c1-7-35-14-8-9-21(35)17-32-31(38)18(2)33-25-13-11-22-23(16-26(25)37)24(34-19(3)36)12-10-20-15-27(39-4)29(40-5)30(41-6)28(20)22/h11,13,15-16,18,21,24H,7-10,12,14,17H2,1-6H3,(H,32,38)(H,33,37)(H,34,36)/t18-,21+,24+/m0/s1. The molecule has 0 saturated carbocycles. The number of carbonyl (C=O) groups is 2. The maximum absolute atomic E-state index is 13.5. The van der Waals surface area contributed by atoms with Crippen molar-refractivity contribution in [3.8, 4) is 28.4 Å². The summed E-state index contributed by atoms with van der Waals surface area (Å²) in [5.41, 5.74) is 3.13. The topological polar surface area (TPSA) is 118 Å². The number of nitrogens with one attached hydrogen (secondary N) is 3. The van der Waals surface area contributed by atoms with Crippen molar-refractivity contribution in [1.29, 1.82) is 0 Å². The number of anilines is 1. The molecule has 2 amide bonds. The van der Waals surface area contributed by atoms with Crippen molar-refractivity contribution in [3.05, 3.63) is 45.6 Å². The average molecular weight is 567 g/mol. The number of hydrogen-bond acceptors (Lipinski definition) is 8. The third-order valence-electron chi connectivity index (χ3n) is 8.10. The second kappa shape index (κ2) is 13.2. The number of likely N-dealkylation sites (N-methyl/N-ethyl adjacent to an activating group) is 1. The number of amides is 2. The number of benzene rings is 1. The molecule has 0 bridgehead atoms. The number of fused-ring (bicyclic) bond motifs is 3. The van der Waals surface area contributed by atoms with Crippen molar-refractivity contribution in [2.75, 3.05) is 46.3 Å². The SMILES string of the molecule is CCN1CCC[C@@H]1CNC(=O)[C@H](C)Nc1ccc2c(cc1=O)[C@H](NC(C)=O)CCc1cc(OC)c(OC)c(OC)c1-2. The molecule has 1 fully saturated rings. The first-order chi connectivity index (χ1) is 19.7. The van der Waals surface area contributed by atoms with Crippen LogP contribution in [0.1, 0.15) is 57.2 Å². The van der Waals surface area contributed by atoms with Crippen LogP contribution < -0.4 is 35.6 Å². The van der Waals surface area contributed by atoms with E-state index < -0.39 is 12.1 Å². The number of rotatable bonds is 10. The summed E-state index contributed by atoms with van der Waals surface area (Å²) in [6.45, 7) is 7.94. The largest absolute Gasteiger partial charge is 0.493 e. The van der Waals surface area contributed by atoms with Gasteiger partial charge in [0.25, 0.3) is 0 Å². The molecule has 2 aliphatic rings. The number of likely N-dealkylation sites (tertiary alicyclic amines) is 1. The van der Waals surface area contributed by atoms with E-state index in [2.05, 4.69) is 27.8 Å². The lowest BCUT2D eigenvalue weighted by Gasteiger charge is -2.24. The lowest BCUT2D eigenvalue weighted by Crippen LogP contribution is -2.45. The Morgan fingerprint density at radius 3 is 2.49 bits per heavy atom. The highest BCUT2D eigenvalue weighted by atomic mass is 16.5. The summed E-state index contributed by atoms with van der Waals surface area (Å²) < 4.78 is 17.1. The lowest BCUT2D eigenvalue weighted by atomic mass is 9.95. The Labute approximate surface area is 241 Å². The second-order valence-corrected chi connectivity index (χ2v) is 10.6. The summed E-state index contributed by atoms with van der Waals surface area (Å²) in [6, 6.07) is 6.30. The lowest BCUT2D eigenvalue weighted by molar-refractivity contribution is -0.122. The molecule has 10 nitrogen and oxygen atoms in total. The van der Waals surface area contributed by atoms with Crippen LogP contribution in [0, 0.1) is 0 Å². The van der Waals surface area contributed by atoms with Gasteiger partial charge in [0, 0.05) is 25.1 Å². The summed E-state index contributed by atoms with van der Waals surface area (Å²) >= 11 is 0. The molecule has 41 heavy (non-hydrogen) atoms. The van der Waals surface area contributed by atoms with E-state index in [0.29, 0.717) is 53.9 Å². The predicted molar refractivity (Wildman–Crippen MR) is 159 cm³/mol. The van der Waals surface area contributed by atoms with Crippen molar-refractivity contribution in [1.82, 2.24) is 15.5 Å². The summed E-state index contributed by atoms with van der Waals surface area (Å²) in [6.07, 6.45) is 3.39. The van der Waals surface area contributed by atoms with Gasteiger partial charge in [0.05, 0.1) is 33.1 Å². The molecule has 222 valence electrons. The molecule has 4 rings (SSSR count). The zero-order chi connectivity index (χ0) is 29.7. The van der Waals surface area contributed by atoms with Gasteiger partial charge in [-0.1, -0.05) is 13.0 Å². The first kappa shape index (κ1) is 30.2. The summed E-state index contributed by atoms with van der Waals surface area (Å²) in [7, 11) is 4.68. The van der Waals surface area contributed by atoms with Gasteiger partial charge < -0.3 is 30.2 Å². The summed E-state index contributed by atoms with van der Waals surface area (Å²) in [5, 5.41) is 9.17. The molecule has 0 aromatic heterocycles. The normalized spacial score (nSPS) is 18.8. The van der Waals surface area contributed by atoms with Crippen LogP contribution in [0.5, 0.6) is 17.2 Å². The van der Waals surface area contributed by atoms with Crippen LogP contribution in [0.4, 0.5) is 5.69 Å². The maximum Gasteiger partial charge on any atom is 0.242 e. The molecule has 3 N–H and O–H groups in total. The Morgan fingerprint density at radius 2 is 1.83 bits per heavy atom. The van der Waals surface area contributed by atoms with Gasteiger partial charge >= 0.3 is 0 Å². The Bertz CT molecular complexity index is 1350. The molecule has 10 heteroatoms. The highest BCUT2D eigenvalue weighted by Gasteiger charge is 2.30. The molecule has 3 atom stereocenters. The van der Waals surface area contributed by atoms with E-state index in [1.165, 1.54) is 6.92 Å². The fraction of sp³-hybridized carbons (Fsp3) is 0.516. The van der Waals surface area contributed by atoms with Gasteiger partial charge in [0.2, 0.25) is 23.0 Å². The minimum absolute atomic E-state index is 0.166. The molecule has 1 saturated heterocycles. The third kappa shape index (κ3) is 6.43. The van der Waals surface area contributed by atoms with Gasteiger partial charge in [-0.2, -0.15) is 0 Å². The molecule has 2 aromatic carbocycles. The van der Waals surface area contributed by atoms with Gasteiger partial charge in [-0.05, 0) is 80.6 Å². The molecular formula is C31H42N4O6. The number of carbonyl (C=O) groups excluding carboxylic acids is 2. The van der Waals surface area contributed by atoms with Gasteiger partial charge in [-0.3, -0.25) is 19.3 Å². The molecule has 2 aromatic rings. The zero-order valence-corrected chi connectivity index (χ0v) is 24.9. The van der Waals surface area contributed by atoms with Gasteiger partial charge in [0.15, 0.2) is 11.5 Å². The fourth-order valence-electron chi connectivity index (χ4n) is 6.04. The zero-order valence-electron chi connectivity index (χ0n) is 24.9. The van der Waals surface area contributed by atoms with Crippen molar-refractivity contribution >= 4 is 17.5 Å². The fourth-order valence-corrected chi connectivity index (χ4v) is 6.04. The number of hydrogen-bond donors (Lipinski definition) is 3. The van der Waals surface area contributed by atoms with E-state index in [1.54, 1.807) is 40.4 Å². The van der Waals surface area contributed by atoms with Crippen LogP contribution in [0.25, 0.3) is 11.1 Å². The Morgan fingerprint density at radius 1 is 1.07 bits per heavy atom. The van der Waals surface area contributed by atoms with E-state index in [0.717, 1.165) is 42.6 Å². The quantitative estimate of drug-likeness (QED) is 0.401. The van der Waals surface area contributed by atoms with Gasteiger partial charge in [0.1, 0.15) is 6.04 Å². The van der Waals surface area contributed by atoms with Crippen molar-refractivity contribution < 1.29 is 23.8 Å². The van der Waals surface area contributed by atoms with Crippen molar-refractivity contribution in [2.45, 2.75) is 64.6 Å².